The Morgan fingerprint density at radius 3 is 2.50 bits per heavy atom. The highest BCUT2D eigenvalue weighted by atomic mass is 32.2. The van der Waals surface area contributed by atoms with E-state index in [0.29, 0.717) is 10.5 Å². The molecule has 3 rings (SSSR count). The van der Waals surface area contributed by atoms with Crippen molar-refractivity contribution in [2.24, 2.45) is 7.05 Å². The van der Waals surface area contributed by atoms with Crippen molar-refractivity contribution in [3.8, 4) is 0 Å². The number of benzene rings is 1. The summed E-state index contributed by atoms with van der Waals surface area (Å²) >= 11 is 0.907. The predicted octanol–water partition coefficient (Wildman–Crippen LogP) is 2.96. The summed E-state index contributed by atoms with van der Waals surface area (Å²) in [5.41, 5.74) is 1.70. The lowest BCUT2D eigenvalue weighted by atomic mass is 10.1. The number of aromatic nitrogens is 1. The summed E-state index contributed by atoms with van der Waals surface area (Å²) in [7, 11) is 1.86. The second-order valence-electron chi connectivity index (χ2n) is 5.31. The maximum Gasteiger partial charge on any atom is 0.335 e. The van der Waals surface area contributed by atoms with Gasteiger partial charge in [-0.3, -0.25) is 14.5 Å². The monoisotopic (exact) mass is 342 g/mol. The van der Waals surface area contributed by atoms with Crippen LogP contribution in [0.5, 0.6) is 0 Å². The molecule has 0 unspecified atom stereocenters. The minimum absolute atomic E-state index is 0.120. The van der Waals surface area contributed by atoms with Gasteiger partial charge < -0.3 is 9.67 Å². The van der Waals surface area contributed by atoms with Crippen LogP contribution in [-0.2, 0) is 18.4 Å². The Labute approximate surface area is 142 Å². The molecule has 7 heteroatoms. The summed E-state index contributed by atoms with van der Waals surface area (Å²) in [4.78, 5) is 37.0. The average molecular weight is 342 g/mol. The molecule has 1 fully saturated rings. The Balaban J connectivity index is 1.78. The third-order valence-electron chi connectivity index (χ3n) is 3.68. The van der Waals surface area contributed by atoms with Crippen LogP contribution in [0, 0.1) is 0 Å². The molecule has 0 spiro atoms. The summed E-state index contributed by atoms with van der Waals surface area (Å²) < 4.78 is 1.86. The summed E-state index contributed by atoms with van der Waals surface area (Å²) in [5.74, 6) is -1.35. The second kappa shape index (κ2) is 6.37. The topological polar surface area (TPSA) is 79.6 Å². The van der Waals surface area contributed by atoms with Gasteiger partial charge in [0.2, 0.25) is 0 Å². The fraction of sp³-hybridized carbons (Fsp3) is 0.118. The van der Waals surface area contributed by atoms with Crippen LogP contribution >= 0.6 is 11.8 Å². The van der Waals surface area contributed by atoms with Crippen molar-refractivity contribution < 1.29 is 19.5 Å². The van der Waals surface area contributed by atoms with Gasteiger partial charge in [-0.15, -0.1) is 0 Å². The van der Waals surface area contributed by atoms with Crippen LogP contribution in [-0.4, -0.2) is 31.7 Å². The number of thioether (sulfide) groups is 1. The molecule has 0 aliphatic carbocycles. The minimum Gasteiger partial charge on any atom is -0.478 e. The first kappa shape index (κ1) is 16.1. The van der Waals surface area contributed by atoms with Gasteiger partial charge in [0.15, 0.2) is 0 Å². The third-order valence-corrected chi connectivity index (χ3v) is 4.59. The normalized spacial score (nSPS) is 16.2. The van der Waals surface area contributed by atoms with Crippen molar-refractivity contribution in [3.05, 3.63) is 64.3 Å². The number of carbonyl (C=O) groups is 3. The molecule has 0 saturated carbocycles. The van der Waals surface area contributed by atoms with Gasteiger partial charge in [-0.05, 0) is 47.7 Å². The lowest BCUT2D eigenvalue weighted by molar-refractivity contribution is -0.123. The zero-order valence-electron chi connectivity index (χ0n) is 12.8. The summed E-state index contributed by atoms with van der Waals surface area (Å²) in [6.45, 7) is 0.120. The van der Waals surface area contributed by atoms with Crippen molar-refractivity contribution in [3.63, 3.8) is 0 Å². The number of carboxylic acids is 1. The maximum atomic E-state index is 12.4. The van der Waals surface area contributed by atoms with E-state index in [0.717, 1.165) is 22.4 Å². The molecule has 1 saturated heterocycles. The Kier molecular flexibility index (Phi) is 4.26. The molecular weight excluding hydrogens is 328 g/mol. The number of carboxylic acid groups (broad SMARTS) is 1. The van der Waals surface area contributed by atoms with Crippen molar-refractivity contribution >= 4 is 35.0 Å². The molecule has 2 heterocycles. The molecule has 2 amide bonds. The van der Waals surface area contributed by atoms with Crippen LogP contribution in [0.25, 0.3) is 6.08 Å². The molecule has 1 aromatic carbocycles. The number of amides is 2. The quantitative estimate of drug-likeness (QED) is 0.864. The van der Waals surface area contributed by atoms with Gasteiger partial charge in [0.1, 0.15) is 0 Å². The van der Waals surface area contributed by atoms with E-state index in [1.54, 1.807) is 18.2 Å². The number of aromatic carboxylic acids is 1. The van der Waals surface area contributed by atoms with E-state index in [-0.39, 0.29) is 23.3 Å². The van der Waals surface area contributed by atoms with Gasteiger partial charge in [-0.25, -0.2) is 4.79 Å². The van der Waals surface area contributed by atoms with Crippen LogP contribution in [0.15, 0.2) is 47.5 Å². The first-order valence-corrected chi connectivity index (χ1v) is 7.96. The predicted molar refractivity (Wildman–Crippen MR) is 90.3 cm³/mol. The molecule has 0 radical (unpaired) electrons. The van der Waals surface area contributed by atoms with Crippen LogP contribution in [0.1, 0.15) is 21.6 Å². The SMILES string of the molecule is Cn1cccc1/C=C1\SC(=O)N(Cc2ccc(C(=O)O)cc2)C1=O. The van der Waals surface area contributed by atoms with Crippen molar-refractivity contribution in [1.82, 2.24) is 9.47 Å². The Bertz CT molecular complexity index is 852. The van der Waals surface area contributed by atoms with Gasteiger partial charge in [0.05, 0.1) is 17.0 Å². The number of aryl methyl sites for hydroxylation is 1. The Morgan fingerprint density at radius 2 is 1.92 bits per heavy atom. The fourth-order valence-electron chi connectivity index (χ4n) is 2.33. The minimum atomic E-state index is -1.02. The van der Waals surface area contributed by atoms with Crippen LogP contribution in [0.3, 0.4) is 0 Å². The summed E-state index contributed by atoms with van der Waals surface area (Å²) in [6, 6.07) is 9.84. The van der Waals surface area contributed by atoms with E-state index in [9.17, 15) is 14.4 Å². The molecule has 0 atom stereocenters. The largest absolute Gasteiger partial charge is 0.478 e. The van der Waals surface area contributed by atoms with Gasteiger partial charge in [-0.2, -0.15) is 0 Å². The zero-order valence-corrected chi connectivity index (χ0v) is 13.6. The molecule has 1 aliphatic rings. The standard InChI is InChI=1S/C17H14N2O4S/c1-18-8-2-3-13(18)9-14-15(20)19(17(23)24-14)10-11-4-6-12(7-5-11)16(21)22/h2-9H,10H2,1H3,(H,21,22)/b14-9-. The number of hydrogen-bond acceptors (Lipinski definition) is 4. The number of nitrogens with zero attached hydrogens (tertiary/aromatic N) is 2. The lowest BCUT2D eigenvalue weighted by Gasteiger charge is -2.12. The number of carbonyl (C=O) groups excluding carboxylic acids is 2. The maximum absolute atomic E-state index is 12.4. The van der Waals surface area contributed by atoms with Gasteiger partial charge in [0.25, 0.3) is 11.1 Å². The van der Waals surface area contributed by atoms with Crippen molar-refractivity contribution in [1.29, 1.82) is 0 Å². The van der Waals surface area contributed by atoms with Gasteiger partial charge >= 0.3 is 5.97 Å². The molecule has 1 aromatic heterocycles. The van der Waals surface area contributed by atoms with E-state index in [1.165, 1.54) is 12.1 Å². The van der Waals surface area contributed by atoms with E-state index in [2.05, 4.69) is 0 Å². The Hall–Kier alpha value is -2.80. The first-order valence-electron chi connectivity index (χ1n) is 7.14. The highest BCUT2D eigenvalue weighted by molar-refractivity contribution is 8.18. The van der Waals surface area contributed by atoms with Crippen LogP contribution in [0.2, 0.25) is 0 Å². The van der Waals surface area contributed by atoms with E-state index in [4.69, 9.17) is 5.11 Å². The molecule has 24 heavy (non-hydrogen) atoms. The molecule has 1 N–H and O–H groups in total. The summed E-state index contributed by atoms with van der Waals surface area (Å²) in [5, 5.41) is 8.56. The molecule has 6 nitrogen and oxygen atoms in total. The first-order chi connectivity index (χ1) is 11.5. The Morgan fingerprint density at radius 1 is 1.21 bits per heavy atom. The third kappa shape index (κ3) is 3.11. The smallest absolute Gasteiger partial charge is 0.335 e. The molecule has 2 aromatic rings. The number of rotatable bonds is 4. The van der Waals surface area contributed by atoms with E-state index in [1.807, 2.05) is 29.9 Å². The lowest BCUT2D eigenvalue weighted by Crippen LogP contribution is -2.27. The van der Waals surface area contributed by atoms with Gasteiger partial charge in [-0.1, -0.05) is 12.1 Å². The van der Waals surface area contributed by atoms with Crippen LogP contribution < -0.4 is 0 Å². The number of imide groups is 1. The summed E-state index contributed by atoms with van der Waals surface area (Å²) in [6.07, 6.45) is 3.55. The molecule has 1 aliphatic heterocycles. The van der Waals surface area contributed by atoms with Crippen LogP contribution in [0.4, 0.5) is 4.79 Å². The second-order valence-corrected chi connectivity index (χ2v) is 6.31. The zero-order chi connectivity index (χ0) is 17.3. The van der Waals surface area contributed by atoms with E-state index >= 15 is 0 Å². The molecular formula is C17H14N2O4S. The fourth-order valence-corrected chi connectivity index (χ4v) is 3.15. The highest BCUT2D eigenvalue weighted by Gasteiger charge is 2.35. The van der Waals surface area contributed by atoms with Crippen molar-refractivity contribution in [2.45, 2.75) is 6.54 Å². The van der Waals surface area contributed by atoms with Gasteiger partial charge in [0, 0.05) is 18.9 Å². The van der Waals surface area contributed by atoms with E-state index < -0.39 is 5.97 Å². The molecule has 122 valence electrons. The molecule has 0 bridgehead atoms. The highest BCUT2D eigenvalue weighted by Crippen LogP contribution is 2.33. The number of hydrogen-bond donors (Lipinski definition) is 1. The van der Waals surface area contributed by atoms with Crippen molar-refractivity contribution in [2.75, 3.05) is 0 Å². The average Bonchev–Trinajstić information content (AvgIpc) is 3.07.